The van der Waals surface area contributed by atoms with Gasteiger partial charge in [-0.25, -0.2) is 0 Å². The molecule has 0 spiro atoms. The molecule has 100 valence electrons. The van der Waals surface area contributed by atoms with Crippen LogP contribution in [0.15, 0.2) is 0 Å². The highest BCUT2D eigenvalue weighted by Crippen LogP contribution is 2.28. The van der Waals surface area contributed by atoms with Gasteiger partial charge in [0.05, 0.1) is 0 Å². The van der Waals surface area contributed by atoms with Gasteiger partial charge in [-0.1, -0.05) is 20.3 Å². The lowest BCUT2D eigenvalue weighted by molar-refractivity contribution is 0.0980. The topological polar surface area (TPSA) is 15.3 Å². The van der Waals surface area contributed by atoms with Crippen molar-refractivity contribution in [3.05, 3.63) is 0 Å². The van der Waals surface area contributed by atoms with Crippen molar-refractivity contribution in [3.8, 4) is 0 Å². The summed E-state index contributed by atoms with van der Waals surface area (Å²) in [6.07, 6.45) is 6.96. The van der Waals surface area contributed by atoms with Crippen LogP contribution in [0.4, 0.5) is 0 Å². The average Bonchev–Trinajstić information content (AvgIpc) is 2.91. The molecule has 0 bridgehead atoms. The lowest BCUT2D eigenvalue weighted by Crippen LogP contribution is -2.46. The van der Waals surface area contributed by atoms with Gasteiger partial charge in [0.15, 0.2) is 0 Å². The van der Waals surface area contributed by atoms with Crippen molar-refractivity contribution in [3.63, 3.8) is 0 Å². The Morgan fingerprint density at radius 3 is 2.41 bits per heavy atom. The van der Waals surface area contributed by atoms with E-state index in [0.29, 0.717) is 0 Å². The van der Waals surface area contributed by atoms with Crippen LogP contribution in [-0.4, -0.2) is 36.6 Å². The van der Waals surface area contributed by atoms with Crippen LogP contribution >= 0.6 is 0 Å². The third-order valence-electron chi connectivity index (χ3n) is 5.29. The summed E-state index contributed by atoms with van der Waals surface area (Å²) in [4.78, 5) is 2.72. The quantitative estimate of drug-likeness (QED) is 0.810. The summed E-state index contributed by atoms with van der Waals surface area (Å²) in [7, 11) is 0. The molecular weight excluding hydrogens is 208 g/mol. The van der Waals surface area contributed by atoms with Crippen LogP contribution in [0, 0.1) is 11.8 Å². The summed E-state index contributed by atoms with van der Waals surface area (Å²) in [6, 6.07) is 1.62. The Labute approximate surface area is 107 Å². The maximum absolute atomic E-state index is 3.69. The molecule has 2 aliphatic heterocycles. The van der Waals surface area contributed by atoms with E-state index in [-0.39, 0.29) is 0 Å². The zero-order chi connectivity index (χ0) is 12.3. The molecule has 2 rings (SSSR count). The van der Waals surface area contributed by atoms with Crippen LogP contribution < -0.4 is 5.32 Å². The van der Waals surface area contributed by atoms with Crippen molar-refractivity contribution in [1.29, 1.82) is 0 Å². The molecule has 2 aliphatic rings. The largest absolute Gasteiger partial charge is 0.314 e. The van der Waals surface area contributed by atoms with Gasteiger partial charge in [-0.2, -0.15) is 0 Å². The molecule has 2 heteroatoms. The molecule has 1 N–H and O–H groups in total. The van der Waals surface area contributed by atoms with Crippen LogP contribution in [0.3, 0.4) is 0 Å². The predicted molar refractivity (Wildman–Crippen MR) is 74.2 cm³/mol. The van der Waals surface area contributed by atoms with Crippen LogP contribution in [0.25, 0.3) is 0 Å². The Bertz CT molecular complexity index is 215. The second-order valence-electron chi connectivity index (χ2n) is 6.20. The third-order valence-corrected chi connectivity index (χ3v) is 5.29. The summed E-state index contributed by atoms with van der Waals surface area (Å²) in [5.74, 6) is 1.80. The van der Waals surface area contributed by atoms with E-state index >= 15 is 0 Å². The monoisotopic (exact) mass is 238 g/mol. The molecule has 3 atom stereocenters. The van der Waals surface area contributed by atoms with Gasteiger partial charge in [0, 0.05) is 12.1 Å². The van der Waals surface area contributed by atoms with Crippen molar-refractivity contribution in [1.82, 2.24) is 10.2 Å². The Hall–Kier alpha value is -0.0800. The maximum Gasteiger partial charge on any atom is 0.00967 e. The van der Waals surface area contributed by atoms with Crippen LogP contribution in [-0.2, 0) is 0 Å². The minimum atomic E-state index is 0.775. The molecule has 3 unspecified atom stereocenters. The van der Waals surface area contributed by atoms with Crippen molar-refractivity contribution < 1.29 is 0 Å². The van der Waals surface area contributed by atoms with Gasteiger partial charge < -0.3 is 10.2 Å². The molecule has 0 aromatic heterocycles. The zero-order valence-electron chi connectivity index (χ0n) is 11.9. The number of nitrogens with zero attached hydrogens (tertiary/aromatic N) is 1. The van der Waals surface area contributed by atoms with E-state index in [2.05, 4.69) is 31.0 Å². The molecule has 0 aliphatic carbocycles. The molecule has 0 amide bonds. The molecule has 2 nitrogen and oxygen atoms in total. The second-order valence-corrected chi connectivity index (χ2v) is 6.20. The van der Waals surface area contributed by atoms with Crippen LogP contribution in [0.5, 0.6) is 0 Å². The van der Waals surface area contributed by atoms with Crippen LogP contribution in [0.1, 0.15) is 52.9 Å². The van der Waals surface area contributed by atoms with Crippen molar-refractivity contribution >= 4 is 0 Å². The van der Waals surface area contributed by atoms with Crippen molar-refractivity contribution in [2.45, 2.75) is 65.0 Å². The fourth-order valence-corrected chi connectivity index (χ4v) is 3.54. The molecule has 0 aromatic rings. The minimum Gasteiger partial charge on any atom is -0.314 e. The van der Waals surface area contributed by atoms with Gasteiger partial charge >= 0.3 is 0 Å². The molecule has 2 saturated heterocycles. The van der Waals surface area contributed by atoms with E-state index in [0.717, 1.165) is 23.9 Å². The van der Waals surface area contributed by atoms with E-state index in [1.54, 1.807) is 0 Å². The summed E-state index contributed by atoms with van der Waals surface area (Å²) >= 11 is 0. The van der Waals surface area contributed by atoms with Gasteiger partial charge in [0.2, 0.25) is 0 Å². The highest BCUT2D eigenvalue weighted by atomic mass is 15.2. The van der Waals surface area contributed by atoms with Crippen LogP contribution in [0.2, 0.25) is 0 Å². The number of nitrogens with one attached hydrogen (secondary N) is 1. The Balaban J connectivity index is 1.77. The number of likely N-dealkylation sites (tertiary alicyclic amines) is 1. The van der Waals surface area contributed by atoms with Gasteiger partial charge in [0.1, 0.15) is 0 Å². The predicted octanol–water partition coefficient (Wildman–Crippen LogP) is 2.89. The molecule has 2 heterocycles. The van der Waals surface area contributed by atoms with Crippen molar-refractivity contribution in [2.75, 3.05) is 19.6 Å². The molecular formula is C15H30N2. The van der Waals surface area contributed by atoms with E-state index in [1.165, 1.54) is 51.7 Å². The molecule has 0 radical (unpaired) electrons. The van der Waals surface area contributed by atoms with Gasteiger partial charge in [-0.15, -0.1) is 0 Å². The van der Waals surface area contributed by atoms with Gasteiger partial charge in [0.25, 0.3) is 0 Å². The summed E-state index contributed by atoms with van der Waals surface area (Å²) in [5.41, 5.74) is 0. The lowest BCUT2D eigenvalue weighted by Gasteiger charge is -2.40. The Kier molecular flexibility index (Phi) is 4.87. The normalized spacial score (nSPS) is 31.6. The van der Waals surface area contributed by atoms with E-state index < -0.39 is 0 Å². The molecule has 0 aromatic carbocycles. The first-order valence-corrected chi connectivity index (χ1v) is 7.69. The Morgan fingerprint density at radius 1 is 1.18 bits per heavy atom. The van der Waals surface area contributed by atoms with Crippen molar-refractivity contribution in [2.24, 2.45) is 11.8 Å². The van der Waals surface area contributed by atoms with E-state index in [9.17, 15) is 0 Å². The molecule has 2 fully saturated rings. The summed E-state index contributed by atoms with van der Waals surface area (Å²) in [5, 5.41) is 3.69. The van der Waals surface area contributed by atoms with Gasteiger partial charge in [-0.3, -0.25) is 0 Å². The first kappa shape index (κ1) is 13.4. The zero-order valence-corrected chi connectivity index (χ0v) is 11.9. The second kappa shape index (κ2) is 6.19. The maximum atomic E-state index is 3.69. The number of rotatable bonds is 4. The third kappa shape index (κ3) is 3.23. The molecule has 0 saturated carbocycles. The lowest BCUT2D eigenvalue weighted by atomic mass is 9.87. The fraction of sp³-hybridized carbons (Fsp3) is 1.00. The average molecular weight is 238 g/mol. The SMILES string of the molecule is CCC(C)C(C)N1CCC(C2CCCN2)CC1. The summed E-state index contributed by atoms with van der Waals surface area (Å²) in [6.45, 7) is 11.0. The molecule has 17 heavy (non-hydrogen) atoms. The number of hydrogen-bond donors (Lipinski definition) is 1. The standard InChI is InChI=1S/C15H30N2/c1-4-12(2)13(3)17-10-7-14(8-11-17)15-6-5-9-16-15/h12-16H,4-11H2,1-3H3. The number of hydrogen-bond acceptors (Lipinski definition) is 2. The summed E-state index contributed by atoms with van der Waals surface area (Å²) < 4.78 is 0. The Morgan fingerprint density at radius 2 is 1.88 bits per heavy atom. The minimum absolute atomic E-state index is 0.775. The van der Waals surface area contributed by atoms with Gasteiger partial charge in [-0.05, 0) is 64.1 Å². The highest BCUT2D eigenvalue weighted by Gasteiger charge is 2.30. The smallest absolute Gasteiger partial charge is 0.00967 e. The highest BCUT2D eigenvalue weighted by molar-refractivity contribution is 4.87. The first-order valence-electron chi connectivity index (χ1n) is 7.69. The van der Waals surface area contributed by atoms with E-state index in [1.807, 2.05) is 0 Å². The van der Waals surface area contributed by atoms with E-state index in [4.69, 9.17) is 0 Å². The number of piperidine rings is 1. The fourth-order valence-electron chi connectivity index (χ4n) is 3.54. The first-order chi connectivity index (χ1) is 8.22.